The smallest absolute Gasteiger partial charge is 0.0409 e. The summed E-state index contributed by atoms with van der Waals surface area (Å²) in [6.45, 7) is 7.32. The Hall–Kier alpha value is -1.31. The highest BCUT2D eigenvalue weighted by molar-refractivity contribution is 6.30. The van der Waals surface area contributed by atoms with Crippen LogP contribution in [0.4, 0.5) is 0 Å². The Morgan fingerprint density at radius 1 is 1.05 bits per heavy atom. The van der Waals surface area contributed by atoms with Gasteiger partial charge in [0.2, 0.25) is 0 Å². The molecule has 2 rings (SSSR count). The Morgan fingerprint density at radius 2 is 1.75 bits per heavy atom. The van der Waals surface area contributed by atoms with Crippen LogP contribution in [-0.4, -0.2) is 6.04 Å². The summed E-state index contributed by atoms with van der Waals surface area (Å²) in [6, 6.07) is 15.4. The Kier molecular flexibility index (Phi) is 5.22. The molecule has 0 aliphatic heterocycles. The Morgan fingerprint density at radius 3 is 2.35 bits per heavy atom. The third kappa shape index (κ3) is 3.84. The minimum Gasteiger partial charge on any atom is -0.310 e. The van der Waals surface area contributed by atoms with Crippen LogP contribution >= 0.6 is 11.6 Å². The van der Waals surface area contributed by atoms with Crippen molar-refractivity contribution >= 4 is 11.6 Å². The molecule has 0 saturated heterocycles. The van der Waals surface area contributed by atoms with Crippen molar-refractivity contribution < 1.29 is 0 Å². The fourth-order valence-corrected chi connectivity index (χ4v) is 2.42. The number of nitrogens with one attached hydrogen (secondary N) is 1. The van der Waals surface area contributed by atoms with Gasteiger partial charge >= 0.3 is 0 Å². The molecular formula is C18H22ClN. The minimum absolute atomic E-state index is 0.462. The molecule has 0 aliphatic carbocycles. The van der Waals surface area contributed by atoms with Crippen molar-refractivity contribution in [1.82, 2.24) is 5.32 Å². The zero-order chi connectivity index (χ0) is 14.5. The molecule has 2 heteroatoms. The van der Waals surface area contributed by atoms with Gasteiger partial charge in [0, 0.05) is 17.6 Å². The molecular weight excluding hydrogens is 266 g/mol. The summed E-state index contributed by atoms with van der Waals surface area (Å²) >= 11 is 6.14. The van der Waals surface area contributed by atoms with Crippen LogP contribution in [0, 0.1) is 0 Å². The number of hydrogen-bond donors (Lipinski definition) is 1. The Balaban J connectivity index is 2.33. The van der Waals surface area contributed by atoms with Gasteiger partial charge in [-0.2, -0.15) is 0 Å². The van der Waals surface area contributed by atoms with Crippen LogP contribution in [-0.2, 0) is 13.0 Å². The zero-order valence-corrected chi connectivity index (χ0v) is 13.2. The lowest BCUT2D eigenvalue weighted by molar-refractivity contribution is 0.589. The second-order valence-corrected chi connectivity index (χ2v) is 5.82. The molecule has 106 valence electrons. The summed E-state index contributed by atoms with van der Waals surface area (Å²) in [4.78, 5) is 0. The number of hydrogen-bond acceptors (Lipinski definition) is 1. The lowest BCUT2D eigenvalue weighted by Gasteiger charge is -2.14. The van der Waals surface area contributed by atoms with Crippen LogP contribution in [0.3, 0.4) is 0 Å². The average Bonchev–Trinajstić information content (AvgIpc) is 2.45. The van der Waals surface area contributed by atoms with Gasteiger partial charge in [0.15, 0.2) is 0 Å². The van der Waals surface area contributed by atoms with E-state index in [4.69, 9.17) is 11.6 Å². The van der Waals surface area contributed by atoms with Crippen molar-refractivity contribution in [3.8, 4) is 11.1 Å². The first kappa shape index (κ1) is 15.1. The van der Waals surface area contributed by atoms with Gasteiger partial charge in [0.1, 0.15) is 0 Å². The maximum absolute atomic E-state index is 6.14. The van der Waals surface area contributed by atoms with Gasteiger partial charge in [-0.15, -0.1) is 0 Å². The van der Waals surface area contributed by atoms with Gasteiger partial charge in [-0.25, -0.2) is 0 Å². The molecule has 1 nitrogen and oxygen atoms in total. The van der Waals surface area contributed by atoms with Crippen molar-refractivity contribution in [3.63, 3.8) is 0 Å². The molecule has 0 heterocycles. The standard InChI is InChI=1S/C18H22ClN/c1-4-14-5-7-15(8-6-14)18-10-9-17(19)11-16(18)12-20-13(2)3/h5-11,13,20H,4,12H2,1-3H3. The molecule has 0 fully saturated rings. The molecule has 0 aliphatic rings. The summed E-state index contributed by atoms with van der Waals surface area (Å²) in [5, 5.41) is 4.25. The van der Waals surface area contributed by atoms with E-state index in [1.165, 1.54) is 22.3 Å². The molecule has 0 unspecified atom stereocenters. The Labute approximate surface area is 127 Å². The summed E-state index contributed by atoms with van der Waals surface area (Å²) in [5.74, 6) is 0. The van der Waals surface area contributed by atoms with Crippen LogP contribution in [0.15, 0.2) is 42.5 Å². The molecule has 1 N–H and O–H groups in total. The fraction of sp³-hybridized carbons (Fsp3) is 0.333. The Bertz CT molecular complexity index is 558. The monoisotopic (exact) mass is 287 g/mol. The molecule has 0 spiro atoms. The summed E-state index contributed by atoms with van der Waals surface area (Å²) in [6.07, 6.45) is 1.07. The van der Waals surface area contributed by atoms with Crippen LogP contribution in [0.1, 0.15) is 31.9 Å². The third-order valence-corrected chi connectivity index (χ3v) is 3.68. The van der Waals surface area contributed by atoms with Crippen LogP contribution in [0.2, 0.25) is 5.02 Å². The predicted octanol–water partition coefficient (Wildman–Crippen LogP) is 5.07. The average molecular weight is 288 g/mol. The van der Waals surface area contributed by atoms with E-state index in [9.17, 15) is 0 Å². The van der Waals surface area contributed by atoms with E-state index < -0.39 is 0 Å². The second kappa shape index (κ2) is 6.92. The molecule has 2 aromatic rings. The quantitative estimate of drug-likeness (QED) is 0.810. The molecule has 0 aromatic heterocycles. The molecule has 2 aromatic carbocycles. The van der Waals surface area contributed by atoms with E-state index in [0.717, 1.165) is 18.0 Å². The van der Waals surface area contributed by atoms with E-state index in [1.807, 2.05) is 6.07 Å². The molecule has 0 radical (unpaired) electrons. The number of rotatable bonds is 5. The highest BCUT2D eigenvalue weighted by Crippen LogP contribution is 2.27. The van der Waals surface area contributed by atoms with E-state index in [1.54, 1.807) is 0 Å². The van der Waals surface area contributed by atoms with Crippen LogP contribution < -0.4 is 5.32 Å². The van der Waals surface area contributed by atoms with Gasteiger partial charge in [-0.3, -0.25) is 0 Å². The second-order valence-electron chi connectivity index (χ2n) is 5.39. The number of aryl methyl sites for hydroxylation is 1. The topological polar surface area (TPSA) is 12.0 Å². The molecule has 0 atom stereocenters. The van der Waals surface area contributed by atoms with E-state index in [2.05, 4.69) is 62.5 Å². The van der Waals surface area contributed by atoms with E-state index in [-0.39, 0.29) is 0 Å². The highest BCUT2D eigenvalue weighted by atomic mass is 35.5. The van der Waals surface area contributed by atoms with Crippen molar-refractivity contribution in [3.05, 3.63) is 58.6 Å². The SMILES string of the molecule is CCc1ccc(-c2ccc(Cl)cc2CNC(C)C)cc1. The van der Waals surface area contributed by atoms with Gasteiger partial charge in [0.05, 0.1) is 0 Å². The van der Waals surface area contributed by atoms with Gasteiger partial charge in [0.25, 0.3) is 0 Å². The summed E-state index contributed by atoms with van der Waals surface area (Å²) in [5.41, 5.74) is 5.12. The molecule has 20 heavy (non-hydrogen) atoms. The maximum atomic E-state index is 6.14. The largest absolute Gasteiger partial charge is 0.310 e. The zero-order valence-electron chi connectivity index (χ0n) is 12.4. The van der Waals surface area contributed by atoms with Crippen molar-refractivity contribution in [2.75, 3.05) is 0 Å². The summed E-state index contributed by atoms with van der Waals surface area (Å²) in [7, 11) is 0. The van der Waals surface area contributed by atoms with E-state index >= 15 is 0 Å². The number of halogens is 1. The predicted molar refractivity (Wildman–Crippen MR) is 88.2 cm³/mol. The van der Waals surface area contributed by atoms with Crippen molar-refractivity contribution in [2.45, 2.75) is 39.8 Å². The van der Waals surface area contributed by atoms with E-state index in [0.29, 0.717) is 6.04 Å². The molecule has 0 saturated carbocycles. The fourth-order valence-electron chi connectivity index (χ4n) is 2.22. The molecule has 0 amide bonds. The van der Waals surface area contributed by atoms with Gasteiger partial charge in [-0.05, 0) is 40.8 Å². The van der Waals surface area contributed by atoms with Crippen molar-refractivity contribution in [2.24, 2.45) is 0 Å². The molecule has 0 bridgehead atoms. The number of benzene rings is 2. The lowest BCUT2D eigenvalue weighted by atomic mass is 9.98. The van der Waals surface area contributed by atoms with Crippen LogP contribution in [0.5, 0.6) is 0 Å². The van der Waals surface area contributed by atoms with Gasteiger partial charge < -0.3 is 5.32 Å². The highest BCUT2D eigenvalue weighted by Gasteiger charge is 2.07. The normalized spacial score (nSPS) is 11.1. The first-order valence-electron chi connectivity index (χ1n) is 7.21. The third-order valence-electron chi connectivity index (χ3n) is 3.44. The van der Waals surface area contributed by atoms with Gasteiger partial charge in [-0.1, -0.05) is 62.7 Å². The van der Waals surface area contributed by atoms with Crippen molar-refractivity contribution in [1.29, 1.82) is 0 Å². The maximum Gasteiger partial charge on any atom is 0.0409 e. The summed E-state index contributed by atoms with van der Waals surface area (Å²) < 4.78 is 0. The lowest BCUT2D eigenvalue weighted by Crippen LogP contribution is -2.22. The van der Waals surface area contributed by atoms with Crippen LogP contribution in [0.25, 0.3) is 11.1 Å². The first-order chi connectivity index (χ1) is 9.60. The minimum atomic E-state index is 0.462. The first-order valence-corrected chi connectivity index (χ1v) is 7.59.